The third-order valence-corrected chi connectivity index (χ3v) is 6.22. The van der Waals surface area contributed by atoms with Crippen molar-refractivity contribution in [2.24, 2.45) is 7.05 Å². The zero-order valence-electron chi connectivity index (χ0n) is 18.4. The lowest BCUT2D eigenvalue weighted by atomic mass is 9.99. The number of nitrogens with one attached hydrogen (secondary N) is 1. The molecule has 0 saturated carbocycles. The summed E-state index contributed by atoms with van der Waals surface area (Å²) in [6.45, 7) is 9.06. The number of fused-ring (bicyclic) bond motifs is 1. The van der Waals surface area contributed by atoms with Gasteiger partial charge < -0.3 is 5.32 Å². The van der Waals surface area contributed by atoms with Crippen LogP contribution in [-0.4, -0.2) is 44.7 Å². The number of pyridine rings is 1. The number of aryl methyl sites for hydroxylation is 4. The van der Waals surface area contributed by atoms with Gasteiger partial charge in [-0.25, -0.2) is 4.98 Å². The molecule has 0 radical (unpaired) electrons. The third kappa shape index (κ3) is 4.24. The minimum Gasteiger partial charge on any atom is -0.352 e. The number of carbonyl (C=O) groups excluding carboxylic acids is 1. The molecule has 30 heavy (non-hydrogen) atoms. The van der Waals surface area contributed by atoms with Gasteiger partial charge in [-0.05, 0) is 50.3 Å². The first kappa shape index (κ1) is 20.5. The molecule has 1 aliphatic rings. The van der Waals surface area contributed by atoms with Crippen LogP contribution in [-0.2, 0) is 24.8 Å². The van der Waals surface area contributed by atoms with Crippen LogP contribution in [0, 0.1) is 20.8 Å². The van der Waals surface area contributed by atoms with Crippen LogP contribution in [0.1, 0.15) is 40.9 Å². The maximum Gasteiger partial charge on any atom is 0.220 e. The summed E-state index contributed by atoms with van der Waals surface area (Å²) in [5.41, 5.74) is 6.60. The fourth-order valence-corrected chi connectivity index (χ4v) is 4.70. The van der Waals surface area contributed by atoms with E-state index in [0.29, 0.717) is 12.8 Å². The molecule has 1 saturated heterocycles. The molecule has 1 atom stereocenters. The van der Waals surface area contributed by atoms with E-state index < -0.39 is 0 Å². The lowest BCUT2D eigenvalue weighted by Gasteiger charge is -2.17. The van der Waals surface area contributed by atoms with Crippen LogP contribution in [0.4, 0.5) is 0 Å². The summed E-state index contributed by atoms with van der Waals surface area (Å²) in [6, 6.07) is 10.8. The first-order chi connectivity index (χ1) is 14.4. The van der Waals surface area contributed by atoms with Crippen molar-refractivity contribution in [3.8, 4) is 0 Å². The molecule has 0 bridgehead atoms. The van der Waals surface area contributed by atoms with Crippen LogP contribution in [0.25, 0.3) is 11.0 Å². The number of benzene rings is 1. The SMILES string of the molecule is Cc1nc2c(c(C)nn2C)c(C)c1CCC(=O)N[C@@H]1CCN(Cc2ccccc2)C1. The van der Waals surface area contributed by atoms with Crippen LogP contribution in [0.5, 0.6) is 0 Å². The van der Waals surface area contributed by atoms with E-state index in [1.165, 1.54) is 16.7 Å². The van der Waals surface area contributed by atoms with E-state index in [4.69, 9.17) is 4.98 Å². The predicted molar refractivity (Wildman–Crippen MR) is 119 cm³/mol. The summed E-state index contributed by atoms with van der Waals surface area (Å²) in [6.07, 6.45) is 2.21. The molecule has 1 fully saturated rings. The topological polar surface area (TPSA) is 63.1 Å². The van der Waals surface area contributed by atoms with Crippen molar-refractivity contribution in [1.29, 1.82) is 0 Å². The Hall–Kier alpha value is -2.73. The first-order valence-electron chi connectivity index (χ1n) is 10.8. The number of likely N-dealkylation sites (tertiary alicyclic amines) is 1. The van der Waals surface area contributed by atoms with Gasteiger partial charge in [0.15, 0.2) is 5.65 Å². The summed E-state index contributed by atoms with van der Waals surface area (Å²) in [5, 5.41) is 8.86. The molecule has 3 heterocycles. The largest absolute Gasteiger partial charge is 0.352 e. The lowest BCUT2D eigenvalue weighted by Crippen LogP contribution is -2.37. The van der Waals surface area contributed by atoms with Crippen molar-refractivity contribution in [2.75, 3.05) is 13.1 Å². The molecule has 0 aliphatic carbocycles. The van der Waals surface area contributed by atoms with Gasteiger partial charge in [0.05, 0.1) is 5.69 Å². The number of amides is 1. The van der Waals surface area contributed by atoms with Crippen molar-refractivity contribution >= 4 is 16.9 Å². The highest BCUT2D eigenvalue weighted by Gasteiger charge is 2.24. The van der Waals surface area contributed by atoms with Crippen LogP contribution in [0.2, 0.25) is 0 Å². The molecular weight excluding hydrogens is 374 g/mol. The van der Waals surface area contributed by atoms with Crippen LogP contribution >= 0.6 is 0 Å². The van der Waals surface area contributed by atoms with Gasteiger partial charge in [0, 0.05) is 50.2 Å². The standard InChI is InChI=1S/C24H31N5O/c1-16-21(17(2)25-24-23(16)18(3)27-28(24)4)10-11-22(30)26-20-12-13-29(15-20)14-19-8-6-5-7-9-19/h5-9,20H,10-15H2,1-4H3,(H,26,30)/t20-/m1/s1. The second kappa shape index (κ2) is 8.56. The summed E-state index contributed by atoms with van der Waals surface area (Å²) >= 11 is 0. The average Bonchev–Trinajstić information content (AvgIpc) is 3.25. The van der Waals surface area contributed by atoms with Crippen molar-refractivity contribution in [3.05, 3.63) is 58.4 Å². The van der Waals surface area contributed by atoms with Crippen molar-refractivity contribution < 1.29 is 4.79 Å². The quantitative estimate of drug-likeness (QED) is 0.684. The maximum atomic E-state index is 12.6. The Morgan fingerprint density at radius 3 is 2.70 bits per heavy atom. The predicted octanol–water partition coefficient (Wildman–Crippen LogP) is 3.22. The molecule has 0 unspecified atom stereocenters. The smallest absolute Gasteiger partial charge is 0.220 e. The van der Waals surface area contributed by atoms with Gasteiger partial charge in [0.1, 0.15) is 0 Å². The number of carbonyl (C=O) groups is 1. The Balaban J connectivity index is 1.34. The molecule has 1 N–H and O–H groups in total. The maximum absolute atomic E-state index is 12.6. The van der Waals surface area contributed by atoms with Crippen LogP contribution in [0.3, 0.4) is 0 Å². The van der Waals surface area contributed by atoms with Gasteiger partial charge in [0.2, 0.25) is 5.91 Å². The van der Waals surface area contributed by atoms with E-state index in [-0.39, 0.29) is 11.9 Å². The monoisotopic (exact) mass is 405 g/mol. The number of hydrogen-bond acceptors (Lipinski definition) is 4. The van der Waals surface area contributed by atoms with Gasteiger partial charge in [-0.3, -0.25) is 14.4 Å². The van der Waals surface area contributed by atoms with E-state index in [1.54, 1.807) is 0 Å². The van der Waals surface area contributed by atoms with Gasteiger partial charge >= 0.3 is 0 Å². The zero-order valence-corrected chi connectivity index (χ0v) is 18.4. The van der Waals surface area contributed by atoms with E-state index in [9.17, 15) is 4.79 Å². The zero-order chi connectivity index (χ0) is 21.3. The molecule has 1 aliphatic heterocycles. The molecule has 0 spiro atoms. The van der Waals surface area contributed by atoms with Crippen molar-refractivity contribution in [2.45, 2.75) is 52.6 Å². The summed E-state index contributed by atoms with van der Waals surface area (Å²) in [5.74, 6) is 0.128. The molecule has 158 valence electrons. The lowest BCUT2D eigenvalue weighted by molar-refractivity contribution is -0.121. The summed E-state index contributed by atoms with van der Waals surface area (Å²) < 4.78 is 1.84. The summed E-state index contributed by atoms with van der Waals surface area (Å²) in [4.78, 5) is 19.8. The molecule has 4 rings (SSSR count). The van der Waals surface area contributed by atoms with Crippen molar-refractivity contribution in [1.82, 2.24) is 25.0 Å². The molecule has 3 aromatic rings. The first-order valence-corrected chi connectivity index (χ1v) is 10.8. The number of hydrogen-bond donors (Lipinski definition) is 1. The van der Waals surface area contributed by atoms with E-state index in [2.05, 4.69) is 46.5 Å². The van der Waals surface area contributed by atoms with Crippen LogP contribution < -0.4 is 5.32 Å². The number of nitrogens with zero attached hydrogens (tertiary/aromatic N) is 4. The second-order valence-corrected chi connectivity index (χ2v) is 8.48. The Morgan fingerprint density at radius 2 is 1.93 bits per heavy atom. The Labute approximate surface area is 178 Å². The molecular formula is C24H31N5O. The van der Waals surface area contributed by atoms with Crippen LogP contribution in [0.15, 0.2) is 30.3 Å². The van der Waals surface area contributed by atoms with Gasteiger partial charge in [0.25, 0.3) is 0 Å². The third-order valence-electron chi connectivity index (χ3n) is 6.22. The van der Waals surface area contributed by atoms with E-state index in [1.807, 2.05) is 31.6 Å². The van der Waals surface area contributed by atoms with Crippen molar-refractivity contribution in [3.63, 3.8) is 0 Å². The Morgan fingerprint density at radius 1 is 1.17 bits per heavy atom. The highest BCUT2D eigenvalue weighted by Crippen LogP contribution is 2.26. The Kier molecular flexibility index (Phi) is 5.86. The fourth-order valence-electron chi connectivity index (χ4n) is 4.70. The second-order valence-electron chi connectivity index (χ2n) is 8.48. The number of rotatable bonds is 6. The highest BCUT2D eigenvalue weighted by atomic mass is 16.1. The highest BCUT2D eigenvalue weighted by molar-refractivity contribution is 5.84. The average molecular weight is 406 g/mol. The van der Waals surface area contributed by atoms with Gasteiger partial charge in [-0.1, -0.05) is 30.3 Å². The molecule has 6 heteroatoms. The van der Waals surface area contributed by atoms with E-state index in [0.717, 1.165) is 48.5 Å². The minimum atomic E-state index is 0.128. The summed E-state index contributed by atoms with van der Waals surface area (Å²) in [7, 11) is 1.93. The normalized spacial score (nSPS) is 17.0. The van der Waals surface area contributed by atoms with Gasteiger partial charge in [-0.15, -0.1) is 0 Å². The van der Waals surface area contributed by atoms with Gasteiger partial charge in [-0.2, -0.15) is 5.10 Å². The minimum absolute atomic E-state index is 0.128. The molecule has 6 nitrogen and oxygen atoms in total. The number of aromatic nitrogens is 3. The van der Waals surface area contributed by atoms with E-state index >= 15 is 0 Å². The Bertz CT molecular complexity index is 1060. The molecule has 2 aromatic heterocycles. The fraction of sp³-hybridized carbons (Fsp3) is 0.458. The molecule has 1 aromatic carbocycles. The molecule has 1 amide bonds.